The van der Waals surface area contributed by atoms with Crippen LogP contribution in [0.25, 0.3) is 10.6 Å². The molecule has 0 fully saturated rings. The highest BCUT2D eigenvalue weighted by molar-refractivity contribution is 7.13. The Kier molecular flexibility index (Phi) is 3.39. The van der Waals surface area contributed by atoms with E-state index in [1.807, 2.05) is 19.2 Å². The highest BCUT2D eigenvalue weighted by atomic mass is 32.1. The molecule has 3 N–H and O–H groups in total. The molecule has 0 aliphatic heterocycles. The minimum Gasteiger partial charge on any atom is -0.303 e. The maximum Gasteiger partial charge on any atom is 0.141 e. The molecule has 0 radical (unpaired) electrons. The summed E-state index contributed by atoms with van der Waals surface area (Å²) in [5, 5.41) is 19.4. The van der Waals surface area contributed by atoms with Crippen LogP contribution in [0.5, 0.6) is 0 Å². The van der Waals surface area contributed by atoms with E-state index in [1.54, 1.807) is 11.3 Å². The SMILES string of the molecule is CC(NCc1cn[nH]c1-c1cccs1)c1ncn[nH]1. The molecule has 3 aromatic heterocycles. The highest BCUT2D eigenvalue weighted by Crippen LogP contribution is 2.25. The van der Waals surface area contributed by atoms with E-state index in [2.05, 4.69) is 42.1 Å². The van der Waals surface area contributed by atoms with Crippen molar-refractivity contribution in [1.29, 1.82) is 0 Å². The van der Waals surface area contributed by atoms with Crippen molar-refractivity contribution >= 4 is 11.3 Å². The highest BCUT2D eigenvalue weighted by Gasteiger charge is 2.11. The summed E-state index contributed by atoms with van der Waals surface area (Å²) in [5.74, 6) is 0.834. The normalized spacial score (nSPS) is 12.7. The summed E-state index contributed by atoms with van der Waals surface area (Å²) in [6, 6.07) is 4.24. The molecule has 0 bridgehead atoms. The standard InChI is InChI=1S/C12H14N6S/c1-8(12-14-7-16-18-12)13-5-9-6-15-17-11(9)10-3-2-4-19-10/h2-4,6-8,13H,5H2,1H3,(H,15,17)(H,14,16,18). The van der Waals surface area contributed by atoms with Crippen molar-refractivity contribution < 1.29 is 0 Å². The van der Waals surface area contributed by atoms with Crippen molar-refractivity contribution in [3.63, 3.8) is 0 Å². The Balaban J connectivity index is 1.70. The molecule has 19 heavy (non-hydrogen) atoms. The maximum atomic E-state index is 4.14. The van der Waals surface area contributed by atoms with Gasteiger partial charge in [0.05, 0.1) is 22.8 Å². The zero-order chi connectivity index (χ0) is 13.1. The summed E-state index contributed by atoms with van der Waals surface area (Å²) < 4.78 is 0. The Bertz CT molecular complexity index is 613. The quantitative estimate of drug-likeness (QED) is 0.665. The minimum absolute atomic E-state index is 0.119. The fraction of sp³-hybridized carbons (Fsp3) is 0.250. The molecule has 1 atom stereocenters. The molecule has 0 aliphatic carbocycles. The van der Waals surface area contributed by atoms with Gasteiger partial charge in [0.1, 0.15) is 12.2 Å². The number of hydrogen-bond acceptors (Lipinski definition) is 5. The van der Waals surface area contributed by atoms with Crippen LogP contribution in [0.15, 0.2) is 30.0 Å². The van der Waals surface area contributed by atoms with E-state index in [1.165, 1.54) is 11.2 Å². The number of thiophene rings is 1. The number of rotatable bonds is 5. The summed E-state index contributed by atoms with van der Waals surface area (Å²) in [5.41, 5.74) is 2.22. The van der Waals surface area contributed by atoms with Crippen LogP contribution in [0.3, 0.4) is 0 Å². The fourth-order valence-corrected chi connectivity index (χ4v) is 2.62. The largest absolute Gasteiger partial charge is 0.303 e. The Morgan fingerprint density at radius 2 is 2.32 bits per heavy atom. The molecule has 0 saturated carbocycles. The number of nitrogens with zero attached hydrogens (tertiary/aromatic N) is 3. The molecule has 3 aromatic rings. The minimum atomic E-state index is 0.119. The van der Waals surface area contributed by atoms with Gasteiger partial charge >= 0.3 is 0 Å². The van der Waals surface area contributed by atoms with Gasteiger partial charge in [0, 0.05) is 12.1 Å². The lowest BCUT2D eigenvalue weighted by Gasteiger charge is -2.10. The van der Waals surface area contributed by atoms with Crippen molar-refractivity contribution in [3.8, 4) is 10.6 Å². The summed E-state index contributed by atoms with van der Waals surface area (Å²) in [4.78, 5) is 5.33. The topological polar surface area (TPSA) is 82.3 Å². The molecule has 7 heteroatoms. The third-order valence-corrected chi connectivity index (χ3v) is 3.82. The Morgan fingerprint density at radius 1 is 1.37 bits per heavy atom. The molecule has 0 aliphatic rings. The molecule has 0 saturated heterocycles. The van der Waals surface area contributed by atoms with E-state index in [-0.39, 0.29) is 6.04 Å². The van der Waals surface area contributed by atoms with Gasteiger partial charge < -0.3 is 5.32 Å². The predicted octanol–water partition coefficient (Wildman–Crippen LogP) is 2.11. The van der Waals surface area contributed by atoms with E-state index in [4.69, 9.17) is 0 Å². The smallest absolute Gasteiger partial charge is 0.141 e. The van der Waals surface area contributed by atoms with Gasteiger partial charge in [-0.3, -0.25) is 10.2 Å². The van der Waals surface area contributed by atoms with Gasteiger partial charge in [-0.05, 0) is 18.4 Å². The third kappa shape index (κ3) is 2.56. The number of aromatic amines is 2. The van der Waals surface area contributed by atoms with E-state index in [0.717, 1.165) is 23.6 Å². The second-order valence-electron chi connectivity index (χ2n) is 4.22. The molecule has 0 spiro atoms. The van der Waals surface area contributed by atoms with E-state index >= 15 is 0 Å². The van der Waals surface area contributed by atoms with Crippen LogP contribution in [-0.2, 0) is 6.54 Å². The van der Waals surface area contributed by atoms with Crippen molar-refractivity contribution in [2.45, 2.75) is 19.5 Å². The van der Waals surface area contributed by atoms with Crippen LogP contribution in [-0.4, -0.2) is 25.4 Å². The number of aromatic nitrogens is 5. The summed E-state index contributed by atoms with van der Waals surface area (Å²) >= 11 is 1.70. The third-order valence-electron chi connectivity index (χ3n) is 2.93. The van der Waals surface area contributed by atoms with Crippen molar-refractivity contribution in [3.05, 3.63) is 41.4 Å². The van der Waals surface area contributed by atoms with Crippen LogP contribution in [0.1, 0.15) is 24.4 Å². The molecule has 3 rings (SSSR count). The number of nitrogens with one attached hydrogen (secondary N) is 3. The Morgan fingerprint density at radius 3 is 3.05 bits per heavy atom. The molecule has 1 unspecified atom stereocenters. The van der Waals surface area contributed by atoms with Gasteiger partial charge in [-0.15, -0.1) is 11.3 Å². The van der Waals surface area contributed by atoms with Gasteiger partial charge in [0.25, 0.3) is 0 Å². The molecule has 98 valence electrons. The first-order valence-corrected chi connectivity index (χ1v) is 6.87. The lowest BCUT2D eigenvalue weighted by atomic mass is 10.2. The maximum absolute atomic E-state index is 4.14. The van der Waals surface area contributed by atoms with Crippen LogP contribution in [0, 0.1) is 0 Å². The van der Waals surface area contributed by atoms with E-state index in [9.17, 15) is 0 Å². The van der Waals surface area contributed by atoms with Crippen LogP contribution in [0.2, 0.25) is 0 Å². The van der Waals surface area contributed by atoms with E-state index < -0.39 is 0 Å². The lowest BCUT2D eigenvalue weighted by molar-refractivity contribution is 0.548. The second kappa shape index (κ2) is 5.33. The second-order valence-corrected chi connectivity index (χ2v) is 5.17. The summed E-state index contributed by atoms with van der Waals surface area (Å²) in [6.45, 7) is 2.77. The summed E-state index contributed by atoms with van der Waals surface area (Å²) in [7, 11) is 0. The fourth-order valence-electron chi connectivity index (χ4n) is 1.86. The lowest BCUT2D eigenvalue weighted by Crippen LogP contribution is -2.19. The first-order valence-electron chi connectivity index (χ1n) is 5.99. The van der Waals surface area contributed by atoms with Crippen LogP contribution < -0.4 is 5.32 Å². The van der Waals surface area contributed by atoms with Crippen molar-refractivity contribution in [2.24, 2.45) is 0 Å². The first-order chi connectivity index (χ1) is 9.34. The average molecular weight is 274 g/mol. The molecular formula is C12H14N6S. The zero-order valence-corrected chi connectivity index (χ0v) is 11.2. The number of hydrogen-bond donors (Lipinski definition) is 3. The molecule has 0 amide bonds. The van der Waals surface area contributed by atoms with Crippen LogP contribution in [0.4, 0.5) is 0 Å². The molecule has 6 nitrogen and oxygen atoms in total. The zero-order valence-electron chi connectivity index (χ0n) is 10.4. The van der Waals surface area contributed by atoms with Gasteiger partial charge in [0.15, 0.2) is 0 Å². The summed E-state index contributed by atoms with van der Waals surface area (Å²) in [6.07, 6.45) is 3.37. The average Bonchev–Trinajstić information content (AvgIpc) is 3.14. The first kappa shape index (κ1) is 12.1. The van der Waals surface area contributed by atoms with Gasteiger partial charge in [0.2, 0.25) is 0 Å². The molecule has 0 aromatic carbocycles. The Labute approximate surface area is 114 Å². The number of H-pyrrole nitrogens is 2. The molecule has 3 heterocycles. The van der Waals surface area contributed by atoms with Gasteiger partial charge in [-0.1, -0.05) is 6.07 Å². The van der Waals surface area contributed by atoms with E-state index in [0.29, 0.717) is 0 Å². The Hall–Kier alpha value is -1.99. The van der Waals surface area contributed by atoms with Gasteiger partial charge in [-0.2, -0.15) is 10.2 Å². The van der Waals surface area contributed by atoms with Crippen molar-refractivity contribution in [2.75, 3.05) is 0 Å². The predicted molar refractivity (Wildman–Crippen MR) is 73.5 cm³/mol. The van der Waals surface area contributed by atoms with Gasteiger partial charge in [-0.25, -0.2) is 4.98 Å². The monoisotopic (exact) mass is 274 g/mol. The van der Waals surface area contributed by atoms with Crippen LogP contribution >= 0.6 is 11.3 Å². The van der Waals surface area contributed by atoms with Crippen molar-refractivity contribution in [1.82, 2.24) is 30.7 Å². The molecular weight excluding hydrogens is 260 g/mol.